The van der Waals surface area contributed by atoms with E-state index < -0.39 is 29.8 Å². The molecule has 1 aromatic heterocycles. The van der Waals surface area contributed by atoms with Crippen molar-refractivity contribution in [3.8, 4) is 0 Å². The summed E-state index contributed by atoms with van der Waals surface area (Å²) in [6.45, 7) is 3.76. The molecule has 0 aliphatic rings. The minimum absolute atomic E-state index is 0.224. The summed E-state index contributed by atoms with van der Waals surface area (Å²) in [6, 6.07) is 1.50. The molecule has 0 spiro atoms. The number of halogens is 3. The summed E-state index contributed by atoms with van der Waals surface area (Å²) in [5, 5.41) is 2.54. The number of carbonyl (C=O) groups excluding carboxylic acids is 1. The quantitative estimate of drug-likeness (QED) is 0.909. The molecule has 1 rings (SSSR count). The van der Waals surface area contributed by atoms with Gasteiger partial charge in [0.1, 0.15) is 6.54 Å². The second kappa shape index (κ2) is 5.90. The van der Waals surface area contributed by atoms with E-state index in [1.54, 1.807) is 0 Å². The van der Waals surface area contributed by atoms with Crippen molar-refractivity contribution in [2.24, 2.45) is 5.92 Å². The second-order valence-electron chi connectivity index (χ2n) is 4.58. The topological polar surface area (TPSA) is 51.1 Å². The number of hydrogen-bond donors (Lipinski definition) is 1. The van der Waals surface area contributed by atoms with Gasteiger partial charge in [0.2, 0.25) is 5.91 Å². The SMILES string of the molecule is CC(C)CNC(=O)Cn1cc(C(F)(F)F)ccc1=O. The van der Waals surface area contributed by atoms with Crippen LogP contribution in [0.4, 0.5) is 13.2 Å². The molecule has 0 unspecified atom stereocenters. The molecule has 1 amide bonds. The highest BCUT2D eigenvalue weighted by Gasteiger charge is 2.31. The Hall–Kier alpha value is -1.79. The highest BCUT2D eigenvalue weighted by Crippen LogP contribution is 2.27. The Balaban J connectivity index is 2.83. The van der Waals surface area contributed by atoms with Crippen LogP contribution in [0.2, 0.25) is 0 Å². The van der Waals surface area contributed by atoms with E-state index in [9.17, 15) is 22.8 Å². The molecule has 0 bridgehead atoms. The Morgan fingerprint density at radius 1 is 1.37 bits per heavy atom. The van der Waals surface area contributed by atoms with Gasteiger partial charge in [0.25, 0.3) is 5.56 Å². The predicted molar refractivity (Wildman–Crippen MR) is 63.6 cm³/mol. The first kappa shape index (κ1) is 15.3. The van der Waals surface area contributed by atoms with Crippen LogP contribution >= 0.6 is 0 Å². The fourth-order valence-corrected chi connectivity index (χ4v) is 1.35. The average molecular weight is 276 g/mol. The number of nitrogens with zero attached hydrogens (tertiary/aromatic N) is 1. The summed E-state index contributed by atoms with van der Waals surface area (Å²) < 4.78 is 38.2. The van der Waals surface area contributed by atoms with Crippen LogP contribution in [0.5, 0.6) is 0 Å². The van der Waals surface area contributed by atoms with Crippen LogP contribution in [0, 0.1) is 5.92 Å². The van der Waals surface area contributed by atoms with E-state index >= 15 is 0 Å². The monoisotopic (exact) mass is 276 g/mol. The van der Waals surface area contributed by atoms with E-state index in [-0.39, 0.29) is 5.92 Å². The minimum Gasteiger partial charge on any atom is -0.354 e. The van der Waals surface area contributed by atoms with Crippen molar-refractivity contribution in [2.45, 2.75) is 26.6 Å². The smallest absolute Gasteiger partial charge is 0.354 e. The maximum absolute atomic E-state index is 12.5. The lowest BCUT2D eigenvalue weighted by Gasteiger charge is -2.11. The van der Waals surface area contributed by atoms with Crippen molar-refractivity contribution in [3.63, 3.8) is 0 Å². The maximum Gasteiger partial charge on any atom is 0.417 e. The summed E-state index contributed by atoms with van der Waals surface area (Å²) in [5.41, 5.74) is -1.60. The molecule has 19 heavy (non-hydrogen) atoms. The van der Waals surface area contributed by atoms with Gasteiger partial charge in [-0.1, -0.05) is 13.8 Å². The molecule has 7 heteroatoms. The normalized spacial score (nSPS) is 11.7. The van der Waals surface area contributed by atoms with Crippen molar-refractivity contribution in [3.05, 3.63) is 34.2 Å². The first-order chi connectivity index (χ1) is 8.70. The van der Waals surface area contributed by atoms with E-state index in [0.29, 0.717) is 18.8 Å². The number of pyridine rings is 1. The molecule has 1 aromatic rings. The molecule has 0 aromatic carbocycles. The van der Waals surface area contributed by atoms with Crippen molar-refractivity contribution >= 4 is 5.91 Å². The van der Waals surface area contributed by atoms with E-state index in [0.717, 1.165) is 10.6 Å². The molecular formula is C12H15F3N2O2. The fourth-order valence-electron chi connectivity index (χ4n) is 1.35. The molecule has 4 nitrogen and oxygen atoms in total. The summed E-state index contributed by atoms with van der Waals surface area (Å²) in [5.74, 6) is -0.266. The van der Waals surface area contributed by atoms with Crippen LogP contribution < -0.4 is 10.9 Å². The third-order valence-corrected chi connectivity index (χ3v) is 2.33. The van der Waals surface area contributed by atoms with Crippen LogP contribution in [0.1, 0.15) is 19.4 Å². The molecule has 0 saturated heterocycles. The van der Waals surface area contributed by atoms with Gasteiger partial charge in [0, 0.05) is 18.8 Å². The predicted octanol–water partition coefficient (Wildman–Crippen LogP) is 1.64. The lowest BCUT2D eigenvalue weighted by molar-refractivity contribution is -0.138. The van der Waals surface area contributed by atoms with Gasteiger partial charge in [-0.15, -0.1) is 0 Å². The first-order valence-electron chi connectivity index (χ1n) is 5.74. The van der Waals surface area contributed by atoms with Gasteiger partial charge in [0.05, 0.1) is 5.56 Å². The molecule has 0 fully saturated rings. The molecule has 0 atom stereocenters. The maximum atomic E-state index is 12.5. The largest absolute Gasteiger partial charge is 0.417 e. The van der Waals surface area contributed by atoms with Gasteiger partial charge in [-0.2, -0.15) is 13.2 Å². The Morgan fingerprint density at radius 3 is 2.53 bits per heavy atom. The Bertz CT molecular complexity index is 506. The third kappa shape index (κ3) is 4.76. The lowest BCUT2D eigenvalue weighted by Crippen LogP contribution is -2.34. The number of hydrogen-bond acceptors (Lipinski definition) is 2. The highest BCUT2D eigenvalue weighted by molar-refractivity contribution is 5.75. The lowest BCUT2D eigenvalue weighted by atomic mass is 10.2. The van der Waals surface area contributed by atoms with Crippen LogP contribution in [0.3, 0.4) is 0 Å². The highest BCUT2D eigenvalue weighted by atomic mass is 19.4. The number of alkyl halides is 3. The zero-order chi connectivity index (χ0) is 14.6. The standard InChI is InChI=1S/C12H15F3N2O2/c1-8(2)5-16-10(18)7-17-6-9(12(13,14)15)3-4-11(17)19/h3-4,6,8H,5,7H2,1-2H3,(H,16,18). The van der Waals surface area contributed by atoms with Crippen molar-refractivity contribution in [2.75, 3.05) is 6.54 Å². The van der Waals surface area contributed by atoms with Crippen molar-refractivity contribution in [1.29, 1.82) is 0 Å². The van der Waals surface area contributed by atoms with E-state index in [1.807, 2.05) is 13.8 Å². The van der Waals surface area contributed by atoms with Gasteiger partial charge in [-0.3, -0.25) is 9.59 Å². The number of nitrogens with one attached hydrogen (secondary N) is 1. The van der Waals surface area contributed by atoms with Crippen LogP contribution in [-0.4, -0.2) is 17.0 Å². The Labute approximate surface area is 108 Å². The van der Waals surface area contributed by atoms with Gasteiger partial charge in [0.15, 0.2) is 0 Å². The number of rotatable bonds is 4. The number of aromatic nitrogens is 1. The van der Waals surface area contributed by atoms with Crippen molar-refractivity contribution in [1.82, 2.24) is 9.88 Å². The van der Waals surface area contributed by atoms with Gasteiger partial charge in [-0.05, 0) is 12.0 Å². The Morgan fingerprint density at radius 2 is 2.00 bits per heavy atom. The fraction of sp³-hybridized carbons (Fsp3) is 0.500. The molecule has 1 heterocycles. The van der Waals surface area contributed by atoms with Crippen LogP contribution in [0.15, 0.2) is 23.1 Å². The molecule has 0 radical (unpaired) electrons. The summed E-state index contributed by atoms with van der Waals surface area (Å²) in [7, 11) is 0. The minimum atomic E-state index is -4.54. The number of amides is 1. The average Bonchev–Trinajstić information content (AvgIpc) is 2.28. The molecule has 0 aliphatic carbocycles. The summed E-state index contributed by atoms with van der Waals surface area (Å²) in [4.78, 5) is 22.9. The summed E-state index contributed by atoms with van der Waals surface area (Å²) >= 11 is 0. The molecular weight excluding hydrogens is 261 g/mol. The zero-order valence-electron chi connectivity index (χ0n) is 10.6. The van der Waals surface area contributed by atoms with Crippen LogP contribution in [-0.2, 0) is 17.5 Å². The third-order valence-electron chi connectivity index (χ3n) is 2.33. The van der Waals surface area contributed by atoms with Gasteiger partial charge < -0.3 is 9.88 Å². The van der Waals surface area contributed by atoms with E-state index in [4.69, 9.17) is 0 Å². The first-order valence-corrected chi connectivity index (χ1v) is 5.74. The molecule has 0 aliphatic heterocycles. The second-order valence-corrected chi connectivity index (χ2v) is 4.58. The van der Waals surface area contributed by atoms with Gasteiger partial charge in [-0.25, -0.2) is 0 Å². The number of carbonyl (C=O) groups is 1. The molecule has 0 saturated carbocycles. The van der Waals surface area contributed by atoms with Crippen LogP contribution in [0.25, 0.3) is 0 Å². The van der Waals surface area contributed by atoms with E-state index in [2.05, 4.69) is 5.32 Å². The van der Waals surface area contributed by atoms with E-state index in [1.165, 1.54) is 0 Å². The van der Waals surface area contributed by atoms with Gasteiger partial charge >= 0.3 is 6.18 Å². The Kier molecular flexibility index (Phi) is 4.74. The molecule has 1 N–H and O–H groups in total. The zero-order valence-corrected chi connectivity index (χ0v) is 10.6. The van der Waals surface area contributed by atoms with Crippen molar-refractivity contribution < 1.29 is 18.0 Å². The summed E-state index contributed by atoms with van der Waals surface area (Å²) in [6.07, 6.45) is -3.89. The molecule has 106 valence electrons.